The summed E-state index contributed by atoms with van der Waals surface area (Å²) < 4.78 is 5.71. The van der Waals surface area contributed by atoms with Gasteiger partial charge in [0.25, 0.3) is 11.8 Å². The van der Waals surface area contributed by atoms with Crippen LogP contribution in [0.15, 0.2) is 30.5 Å². The third-order valence-electron chi connectivity index (χ3n) is 4.65. The lowest BCUT2D eigenvalue weighted by Gasteiger charge is -2.22. The van der Waals surface area contributed by atoms with E-state index in [9.17, 15) is 14.4 Å². The largest absolute Gasteiger partial charge is 0.489 e. The predicted octanol–water partition coefficient (Wildman–Crippen LogP) is 1.67. The number of carbonyl (C=O) groups is 3. The summed E-state index contributed by atoms with van der Waals surface area (Å²) in [7, 11) is 1.64. The topological polar surface area (TPSA) is 101 Å². The lowest BCUT2D eigenvalue weighted by Crippen LogP contribution is -2.49. The predicted molar refractivity (Wildman–Crippen MR) is 107 cm³/mol. The van der Waals surface area contributed by atoms with Gasteiger partial charge in [-0.25, -0.2) is 9.97 Å². The SMILES string of the molecule is CN1C(=O)[C@@H](NC(=O)c2ncc(CC=O)c(C(C)(C)C)n2)COc2ccccc21. The zero-order chi connectivity index (χ0) is 21.2. The molecule has 8 heteroatoms. The molecule has 0 radical (unpaired) electrons. The molecule has 1 aliphatic heterocycles. The molecule has 0 spiro atoms. The zero-order valence-corrected chi connectivity index (χ0v) is 16.9. The molecule has 0 fully saturated rings. The van der Waals surface area contributed by atoms with Gasteiger partial charge in [-0.1, -0.05) is 32.9 Å². The Morgan fingerprint density at radius 3 is 2.76 bits per heavy atom. The van der Waals surface area contributed by atoms with Crippen molar-refractivity contribution < 1.29 is 19.1 Å². The molecule has 1 aliphatic rings. The maximum absolute atomic E-state index is 12.8. The molecule has 1 N–H and O–H groups in total. The van der Waals surface area contributed by atoms with Gasteiger partial charge in [0, 0.05) is 25.1 Å². The van der Waals surface area contributed by atoms with Crippen LogP contribution in [-0.4, -0.2) is 47.8 Å². The van der Waals surface area contributed by atoms with E-state index in [1.165, 1.54) is 11.1 Å². The Morgan fingerprint density at radius 2 is 2.07 bits per heavy atom. The summed E-state index contributed by atoms with van der Waals surface area (Å²) in [4.78, 5) is 46.4. The van der Waals surface area contributed by atoms with Gasteiger partial charge < -0.3 is 19.7 Å². The molecule has 0 saturated heterocycles. The third kappa shape index (κ3) is 4.26. The smallest absolute Gasteiger partial charge is 0.289 e. The van der Waals surface area contributed by atoms with E-state index in [1.54, 1.807) is 19.2 Å². The number of nitrogens with one attached hydrogen (secondary N) is 1. The Labute approximate surface area is 169 Å². The van der Waals surface area contributed by atoms with Crippen molar-refractivity contribution in [1.29, 1.82) is 0 Å². The van der Waals surface area contributed by atoms with Crippen LogP contribution in [0.25, 0.3) is 0 Å². The minimum absolute atomic E-state index is 0.00127. The van der Waals surface area contributed by atoms with E-state index in [0.29, 0.717) is 22.7 Å². The second kappa shape index (κ2) is 7.98. The van der Waals surface area contributed by atoms with Gasteiger partial charge in [-0.2, -0.15) is 0 Å². The number of rotatable bonds is 4. The van der Waals surface area contributed by atoms with Crippen LogP contribution in [0.1, 0.15) is 42.6 Å². The van der Waals surface area contributed by atoms with Gasteiger partial charge in [-0.05, 0) is 17.7 Å². The first-order valence-corrected chi connectivity index (χ1v) is 9.32. The number of anilines is 1. The summed E-state index contributed by atoms with van der Waals surface area (Å²) in [5, 5.41) is 2.67. The standard InChI is InChI=1S/C21H24N4O4/c1-21(2,3)17-13(9-10-26)11-22-18(24-17)19(27)23-14-12-29-16-8-6-5-7-15(16)25(4)20(14)28/h5-8,10-11,14H,9,12H2,1-4H3,(H,23,27)/t14-/m0/s1. The van der Waals surface area contributed by atoms with Crippen molar-refractivity contribution in [3.05, 3.63) is 47.5 Å². The summed E-state index contributed by atoms with van der Waals surface area (Å²) in [5.41, 5.74) is 1.56. The number of para-hydroxylation sites is 2. The molecule has 0 saturated carbocycles. The van der Waals surface area contributed by atoms with Gasteiger partial charge in [0.15, 0.2) is 0 Å². The number of likely N-dealkylation sites (N-methyl/N-ethyl adjacent to an activating group) is 1. The molecule has 0 unspecified atom stereocenters. The first-order valence-electron chi connectivity index (χ1n) is 9.32. The van der Waals surface area contributed by atoms with Crippen LogP contribution in [0, 0.1) is 0 Å². The van der Waals surface area contributed by atoms with Gasteiger partial charge in [0.05, 0.1) is 11.4 Å². The van der Waals surface area contributed by atoms with E-state index in [1.807, 2.05) is 32.9 Å². The van der Waals surface area contributed by atoms with Crippen molar-refractivity contribution in [3.8, 4) is 5.75 Å². The molecule has 0 bridgehead atoms. The third-order valence-corrected chi connectivity index (χ3v) is 4.65. The zero-order valence-electron chi connectivity index (χ0n) is 16.9. The molecule has 1 atom stereocenters. The number of fused-ring (bicyclic) bond motifs is 1. The number of hydrogen-bond donors (Lipinski definition) is 1. The number of nitrogens with zero attached hydrogens (tertiary/aromatic N) is 3. The maximum atomic E-state index is 12.8. The second-order valence-electron chi connectivity index (χ2n) is 7.89. The van der Waals surface area contributed by atoms with Crippen molar-refractivity contribution in [2.24, 2.45) is 0 Å². The number of ether oxygens (including phenoxy) is 1. The van der Waals surface area contributed by atoms with E-state index in [-0.39, 0.29) is 30.2 Å². The molecule has 2 aromatic rings. The van der Waals surface area contributed by atoms with Crippen molar-refractivity contribution in [1.82, 2.24) is 15.3 Å². The van der Waals surface area contributed by atoms with Crippen LogP contribution in [0.2, 0.25) is 0 Å². The number of amides is 2. The molecular formula is C21H24N4O4. The van der Waals surface area contributed by atoms with Crippen molar-refractivity contribution >= 4 is 23.8 Å². The first kappa shape index (κ1) is 20.4. The van der Waals surface area contributed by atoms with Crippen LogP contribution in [-0.2, 0) is 21.4 Å². The molecule has 1 aromatic carbocycles. The van der Waals surface area contributed by atoms with Gasteiger partial charge in [0.1, 0.15) is 24.7 Å². The van der Waals surface area contributed by atoms with Crippen LogP contribution >= 0.6 is 0 Å². The molecular weight excluding hydrogens is 372 g/mol. The Hall–Kier alpha value is -3.29. The lowest BCUT2D eigenvalue weighted by atomic mass is 9.88. The minimum Gasteiger partial charge on any atom is -0.489 e. The van der Waals surface area contributed by atoms with E-state index >= 15 is 0 Å². The first-order chi connectivity index (χ1) is 13.7. The molecule has 0 aliphatic carbocycles. The fourth-order valence-electron chi connectivity index (χ4n) is 3.18. The highest BCUT2D eigenvalue weighted by Crippen LogP contribution is 2.30. The van der Waals surface area contributed by atoms with Gasteiger partial charge in [-0.15, -0.1) is 0 Å². The molecule has 3 rings (SSSR count). The van der Waals surface area contributed by atoms with Crippen molar-refractivity contribution in [2.45, 2.75) is 38.6 Å². The number of carbonyl (C=O) groups excluding carboxylic acids is 3. The van der Waals surface area contributed by atoms with Crippen LogP contribution in [0.3, 0.4) is 0 Å². The Kier molecular flexibility index (Phi) is 5.63. The van der Waals surface area contributed by atoms with Gasteiger partial charge in [-0.3, -0.25) is 9.59 Å². The number of aromatic nitrogens is 2. The van der Waals surface area contributed by atoms with E-state index in [0.717, 1.165) is 6.29 Å². The molecule has 29 heavy (non-hydrogen) atoms. The molecule has 8 nitrogen and oxygen atoms in total. The average molecular weight is 396 g/mol. The summed E-state index contributed by atoms with van der Waals surface area (Å²) in [6, 6.07) is 6.30. The highest BCUT2D eigenvalue weighted by atomic mass is 16.5. The van der Waals surface area contributed by atoms with Crippen LogP contribution in [0.4, 0.5) is 5.69 Å². The quantitative estimate of drug-likeness (QED) is 0.789. The van der Waals surface area contributed by atoms with Crippen LogP contribution < -0.4 is 15.0 Å². The highest BCUT2D eigenvalue weighted by Gasteiger charge is 2.31. The Balaban J connectivity index is 1.83. The fraction of sp³-hybridized carbons (Fsp3) is 0.381. The summed E-state index contributed by atoms with van der Waals surface area (Å²) in [6.45, 7) is 5.84. The van der Waals surface area contributed by atoms with E-state index in [4.69, 9.17) is 4.74 Å². The van der Waals surface area contributed by atoms with Crippen molar-refractivity contribution in [2.75, 3.05) is 18.6 Å². The van der Waals surface area contributed by atoms with Crippen molar-refractivity contribution in [3.63, 3.8) is 0 Å². The summed E-state index contributed by atoms with van der Waals surface area (Å²) in [5.74, 6) is -0.349. The van der Waals surface area contributed by atoms with E-state index < -0.39 is 11.9 Å². The average Bonchev–Trinajstić information content (AvgIpc) is 2.80. The minimum atomic E-state index is -0.878. The lowest BCUT2D eigenvalue weighted by molar-refractivity contribution is -0.120. The van der Waals surface area contributed by atoms with Crippen LogP contribution in [0.5, 0.6) is 5.75 Å². The summed E-state index contributed by atoms with van der Waals surface area (Å²) in [6.07, 6.45) is 2.44. The normalized spacial score (nSPS) is 16.5. The molecule has 1 aromatic heterocycles. The highest BCUT2D eigenvalue weighted by molar-refractivity contribution is 6.02. The maximum Gasteiger partial charge on any atom is 0.289 e. The van der Waals surface area contributed by atoms with Gasteiger partial charge >= 0.3 is 0 Å². The second-order valence-corrected chi connectivity index (χ2v) is 7.89. The monoisotopic (exact) mass is 396 g/mol. The summed E-state index contributed by atoms with van der Waals surface area (Å²) >= 11 is 0. The fourth-order valence-corrected chi connectivity index (χ4v) is 3.18. The number of benzene rings is 1. The van der Waals surface area contributed by atoms with E-state index in [2.05, 4.69) is 15.3 Å². The number of aldehydes is 1. The molecule has 2 amide bonds. The van der Waals surface area contributed by atoms with Gasteiger partial charge in [0.2, 0.25) is 5.82 Å². The number of hydrogen-bond acceptors (Lipinski definition) is 6. The Morgan fingerprint density at radius 1 is 1.34 bits per heavy atom. The molecule has 2 heterocycles. The molecule has 152 valence electrons. The Bertz CT molecular complexity index is 952.